The smallest absolute Gasteiger partial charge is 0.264 e. The maximum Gasteiger partial charge on any atom is 0.264 e. The molecule has 6 heteroatoms. The summed E-state index contributed by atoms with van der Waals surface area (Å²) in [5.41, 5.74) is 2.17. The number of pyridine rings is 1. The number of carbonyl (C=O) groups excluding carboxylic acids is 1. The van der Waals surface area contributed by atoms with Crippen LogP contribution in [0.1, 0.15) is 47.8 Å². The molecule has 2 aromatic heterocycles. The minimum Gasteiger partial charge on any atom is -0.360 e. The number of para-hydroxylation sites is 1. The summed E-state index contributed by atoms with van der Waals surface area (Å²) < 4.78 is 7.30. The standard InChI is InChI=1S/C25H25N3O3/c1-16-22-23(27-31-16)20-12-5-6-13-21(20)28(25(22)30)19-11-7-8-17(14-19)15-26-24(29)18-9-3-2-4-10-18/h2-6,9-10,12-13,17,19H,7-8,11,14-15H2,1H3,(H,26,29). The van der Waals surface area contributed by atoms with Crippen LogP contribution in [0.2, 0.25) is 0 Å². The van der Waals surface area contributed by atoms with Gasteiger partial charge in [0.05, 0.1) is 5.52 Å². The summed E-state index contributed by atoms with van der Waals surface area (Å²) >= 11 is 0. The number of carbonyl (C=O) groups is 1. The normalized spacial score (nSPS) is 19.0. The lowest BCUT2D eigenvalue weighted by Crippen LogP contribution is -2.34. The van der Waals surface area contributed by atoms with E-state index in [4.69, 9.17) is 4.52 Å². The molecule has 2 heterocycles. The molecule has 1 fully saturated rings. The van der Waals surface area contributed by atoms with Crippen LogP contribution in [0.5, 0.6) is 0 Å². The third kappa shape index (κ3) is 3.52. The van der Waals surface area contributed by atoms with Crippen LogP contribution in [0.25, 0.3) is 21.8 Å². The number of nitrogens with zero attached hydrogens (tertiary/aromatic N) is 2. The highest BCUT2D eigenvalue weighted by atomic mass is 16.5. The Morgan fingerprint density at radius 1 is 1.13 bits per heavy atom. The number of aromatic nitrogens is 2. The molecule has 158 valence electrons. The molecule has 1 aliphatic carbocycles. The average molecular weight is 415 g/mol. The molecule has 1 saturated carbocycles. The van der Waals surface area contributed by atoms with Crippen LogP contribution in [0.3, 0.4) is 0 Å². The van der Waals surface area contributed by atoms with Gasteiger partial charge in [-0.25, -0.2) is 0 Å². The fraction of sp³-hybridized carbons (Fsp3) is 0.320. The first-order valence-corrected chi connectivity index (χ1v) is 10.9. The highest BCUT2D eigenvalue weighted by molar-refractivity contribution is 6.03. The van der Waals surface area contributed by atoms with Gasteiger partial charge in [0.25, 0.3) is 11.5 Å². The zero-order valence-electron chi connectivity index (χ0n) is 17.5. The second-order valence-corrected chi connectivity index (χ2v) is 8.42. The van der Waals surface area contributed by atoms with E-state index in [-0.39, 0.29) is 17.5 Å². The van der Waals surface area contributed by atoms with Crippen LogP contribution < -0.4 is 10.9 Å². The monoisotopic (exact) mass is 415 g/mol. The first-order chi connectivity index (χ1) is 15.1. The Morgan fingerprint density at radius 2 is 1.90 bits per heavy atom. The van der Waals surface area contributed by atoms with Crippen LogP contribution in [0.4, 0.5) is 0 Å². The van der Waals surface area contributed by atoms with E-state index in [0.717, 1.165) is 36.6 Å². The van der Waals surface area contributed by atoms with Gasteiger partial charge in [-0.1, -0.05) is 48.0 Å². The van der Waals surface area contributed by atoms with Crippen molar-refractivity contribution in [3.8, 4) is 0 Å². The number of amides is 1. The summed E-state index contributed by atoms with van der Waals surface area (Å²) in [6.07, 6.45) is 3.88. The van der Waals surface area contributed by atoms with Crippen molar-refractivity contribution < 1.29 is 9.32 Å². The largest absolute Gasteiger partial charge is 0.360 e. The van der Waals surface area contributed by atoms with Crippen LogP contribution in [-0.2, 0) is 0 Å². The lowest BCUT2D eigenvalue weighted by molar-refractivity contribution is 0.0940. The molecule has 4 aromatic rings. The molecule has 0 saturated heterocycles. The van der Waals surface area contributed by atoms with Crippen LogP contribution >= 0.6 is 0 Å². The lowest BCUT2D eigenvalue weighted by Gasteiger charge is -2.31. The number of benzene rings is 2. The summed E-state index contributed by atoms with van der Waals surface area (Å²) in [6, 6.07) is 17.3. The summed E-state index contributed by atoms with van der Waals surface area (Å²) in [5, 5.41) is 8.73. The van der Waals surface area contributed by atoms with Gasteiger partial charge in [0.2, 0.25) is 0 Å². The average Bonchev–Trinajstić information content (AvgIpc) is 3.21. The van der Waals surface area contributed by atoms with Crippen molar-refractivity contribution in [1.82, 2.24) is 15.0 Å². The number of hydrogen-bond donors (Lipinski definition) is 1. The maximum absolute atomic E-state index is 13.5. The summed E-state index contributed by atoms with van der Waals surface area (Å²) in [6.45, 7) is 2.41. The van der Waals surface area contributed by atoms with Crippen molar-refractivity contribution in [2.45, 2.75) is 38.6 Å². The van der Waals surface area contributed by atoms with Crippen LogP contribution in [0, 0.1) is 12.8 Å². The van der Waals surface area contributed by atoms with Crippen molar-refractivity contribution in [3.63, 3.8) is 0 Å². The van der Waals surface area contributed by atoms with E-state index >= 15 is 0 Å². The van der Waals surface area contributed by atoms with Crippen molar-refractivity contribution in [2.24, 2.45) is 5.92 Å². The van der Waals surface area contributed by atoms with Crippen molar-refractivity contribution in [2.75, 3.05) is 6.54 Å². The molecule has 1 aliphatic rings. The first kappa shape index (κ1) is 19.5. The Balaban J connectivity index is 1.43. The molecule has 0 radical (unpaired) electrons. The van der Waals surface area contributed by atoms with Gasteiger partial charge in [-0.3, -0.25) is 9.59 Å². The van der Waals surface area contributed by atoms with E-state index in [1.165, 1.54) is 0 Å². The third-order valence-corrected chi connectivity index (χ3v) is 6.42. The minimum absolute atomic E-state index is 0.0357. The van der Waals surface area contributed by atoms with E-state index in [1.807, 2.05) is 59.2 Å². The van der Waals surface area contributed by atoms with Crippen LogP contribution in [0.15, 0.2) is 63.9 Å². The number of aryl methyl sites for hydroxylation is 1. The van der Waals surface area contributed by atoms with Crippen LogP contribution in [-0.4, -0.2) is 22.2 Å². The Morgan fingerprint density at radius 3 is 2.74 bits per heavy atom. The van der Waals surface area contributed by atoms with E-state index < -0.39 is 0 Å². The molecule has 2 unspecified atom stereocenters. The van der Waals surface area contributed by atoms with Gasteiger partial charge >= 0.3 is 0 Å². The molecule has 0 spiro atoms. The zero-order valence-corrected chi connectivity index (χ0v) is 17.5. The van der Waals surface area contributed by atoms with Gasteiger partial charge in [0, 0.05) is 23.5 Å². The van der Waals surface area contributed by atoms with Gasteiger partial charge in [-0.05, 0) is 50.3 Å². The van der Waals surface area contributed by atoms with Crippen molar-refractivity contribution >= 4 is 27.7 Å². The van der Waals surface area contributed by atoms with Gasteiger partial charge in [-0.2, -0.15) is 0 Å². The van der Waals surface area contributed by atoms with E-state index in [0.29, 0.717) is 34.7 Å². The summed E-state index contributed by atoms with van der Waals surface area (Å²) in [4.78, 5) is 25.9. The first-order valence-electron chi connectivity index (χ1n) is 10.9. The zero-order chi connectivity index (χ0) is 21.4. The van der Waals surface area contributed by atoms with Gasteiger partial charge in [-0.15, -0.1) is 0 Å². The Hall–Kier alpha value is -3.41. The molecule has 2 atom stereocenters. The Labute approximate surface area is 179 Å². The molecular formula is C25H25N3O3. The fourth-order valence-electron chi connectivity index (χ4n) is 4.90. The van der Waals surface area contributed by atoms with Gasteiger partial charge < -0.3 is 14.4 Å². The quantitative estimate of drug-likeness (QED) is 0.528. The highest BCUT2D eigenvalue weighted by Gasteiger charge is 2.27. The summed E-state index contributed by atoms with van der Waals surface area (Å²) in [7, 11) is 0. The lowest BCUT2D eigenvalue weighted by atomic mass is 9.85. The molecule has 0 aliphatic heterocycles. The number of rotatable bonds is 4. The molecule has 0 bridgehead atoms. The van der Waals surface area contributed by atoms with E-state index in [2.05, 4.69) is 10.5 Å². The number of nitrogens with one attached hydrogen (secondary N) is 1. The molecule has 2 aromatic carbocycles. The predicted octanol–water partition coefficient (Wildman–Crippen LogP) is 4.61. The minimum atomic E-state index is -0.0492. The molecule has 1 N–H and O–H groups in total. The molecule has 5 rings (SSSR count). The van der Waals surface area contributed by atoms with Crippen molar-refractivity contribution in [1.29, 1.82) is 0 Å². The van der Waals surface area contributed by atoms with E-state index in [9.17, 15) is 9.59 Å². The Bertz CT molecular complexity index is 1310. The molecule has 1 amide bonds. The fourth-order valence-corrected chi connectivity index (χ4v) is 4.90. The predicted molar refractivity (Wildman–Crippen MR) is 120 cm³/mol. The second-order valence-electron chi connectivity index (χ2n) is 8.42. The SMILES string of the molecule is Cc1onc2c1c(=O)n(C1CCCC(CNC(=O)c3ccccc3)C1)c1ccccc21. The molecular weight excluding hydrogens is 390 g/mol. The topological polar surface area (TPSA) is 77.1 Å². The van der Waals surface area contributed by atoms with E-state index in [1.54, 1.807) is 6.92 Å². The highest BCUT2D eigenvalue weighted by Crippen LogP contribution is 2.35. The van der Waals surface area contributed by atoms with Gasteiger partial charge in [0.15, 0.2) is 0 Å². The number of hydrogen-bond acceptors (Lipinski definition) is 4. The Kier molecular flexibility index (Phi) is 5.06. The summed E-state index contributed by atoms with van der Waals surface area (Å²) in [5.74, 6) is 0.838. The second kappa shape index (κ2) is 8.02. The van der Waals surface area contributed by atoms with Gasteiger partial charge in [0.1, 0.15) is 16.7 Å². The molecule has 31 heavy (non-hydrogen) atoms. The molecule has 6 nitrogen and oxygen atoms in total. The number of fused-ring (bicyclic) bond motifs is 3. The maximum atomic E-state index is 13.5. The third-order valence-electron chi connectivity index (χ3n) is 6.42. The van der Waals surface area contributed by atoms with Crippen molar-refractivity contribution in [3.05, 3.63) is 76.3 Å².